The molecule has 0 bridgehead atoms. The lowest BCUT2D eigenvalue weighted by Gasteiger charge is -2.24. The molecule has 7 heteroatoms. The third-order valence-electron chi connectivity index (χ3n) is 5.21. The average Bonchev–Trinajstić information content (AvgIpc) is 3.31. The van der Waals surface area contributed by atoms with Gasteiger partial charge >= 0.3 is 0 Å². The highest BCUT2D eigenvalue weighted by atomic mass is 32.2. The number of hydrogen-bond donors (Lipinski definition) is 1. The molecule has 1 aromatic heterocycles. The van der Waals surface area contributed by atoms with Crippen molar-refractivity contribution in [1.82, 2.24) is 10.2 Å². The lowest BCUT2D eigenvalue weighted by Crippen LogP contribution is -2.25. The first-order valence-electron chi connectivity index (χ1n) is 9.22. The molecule has 1 aliphatic carbocycles. The van der Waals surface area contributed by atoms with Gasteiger partial charge in [0.2, 0.25) is 5.13 Å². The zero-order chi connectivity index (χ0) is 19.2. The molecule has 0 spiro atoms. The number of likely N-dealkylation sites (N-methyl/N-ethyl adjacent to an activating group) is 1. The Balaban J connectivity index is 1.48. The molecule has 2 aromatic rings. The molecule has 1 aliphatic heterocycles. The van der Waals surface area contributed by atoms with Gasteiger partial charge in [0, 0.05) is 36.0 Å². The number of ketones is 1. The summed E-state index contributed by atoms with van der Waals surface area (Å²) < 4.78 is 0.833. The van der Waals surface area contributed by atoms with Crippen LogP contribution in [0.2, 0.25) is 0 Å². The Morgan fingerprint density at radius 2 is 2.11 bits per heavy atom. The molecule has 1 fully saturated rings. The van der Waals surface area contributed by atoms with Gasteiger partial charge in [-0.15, -0.1) is 10.2 Å². The molecule has 1 aromatic carbocycles. The Bertz CT molecular complexity index is 901. The monoisotopic (exact) mass is 400 g/mol. The number of nitrogens with one attached hydrogen (secondary N) is 1. The fourth-order valence-electron chi connectivity index (χ4n) is 3.44. The van der Waals surface area contributed by atoms with Gasteiger partial charge in [-0.1, -0.05) is 55.1 Å². The lowest BCUT2D eigenvalue weighted by atomic mass is 9.83. The summed E-state index contributed by atoms with van der Waals surface area (Å²) >= 11 is 3.01. The fourth-order valence-corrected chi connectivity index (χ4v) is 5.43. The number of thioether (sulfide) groups is 1. The number of para-hydroxylation sites is 1. The second-order valence-electron chi connectivity index (χ2n) is 7.68. The second-order valence-corrected chi connectivity index (χ2v) is 10.3. The molecule has 5 nitrogen and oxygen atoms in total. The second kappa shape index (κ2) is 6.95. The smallest absolute Gasteiger partial charge is 0.206 e. The molecule has 2 heterocycles. The highest BCUT2D eigenvalue weighted by Gasteiger charge is 2.38. The molecule has 1 atom stereocenters. The number of carbonyl (C=O) groups is 1. The maximum absolute atomic E-state index is 12.9. The number of carbonyl (C=O) groups excluding carboxylic acids is 1. The summed E-state index contributed by atoms with van der Waals surface area (Å²) in [6.45, 7) is 6.29. The van der Waals surface area contributed by atoms with Gasteiger partial charge in [0.15, 0.2) is 10.1 Å². The maximum Gasteiger partial charge on any atom is 0.206 e. The van der Waals surface area contributed by atoms with Crippen LogP contribution >= 0.6 is 23.1 Å². The van der Waals surface area contributed by atoms with Gasteiger partial charge in [-0.3, -0.25) is 4.79 Å². The van der Waals surface area contributed by atoms with Gasteiger partial charge in [-0.25, -0.2) is 0 Å². The zero-order valence-electron chi connectivity index (χ0n) is 16.0. The third kappa shape index (κ3) is 3.62. The fraction of sp³-hybridized carbons (Fsp3) is 0.450. The first kappa shape index (κ1) is 18.5. The minimum atomic E-state index is -0.202. The zero-order valence-corrected chi connectivity index (χ0v) is 17.7. The molecule has 1 unspecified atom stereocenters. The van der Waals surface area contributed by atoms with E-state index in [1.807, 2.05) is 26.1 Å². The summed E-state index contributed by atoms with van der Waals surface area (Å²) in [5.41, 5.74) is 3.28. The maximum atomic E-state index is 12.9. The largest absolute Gasteiger partial charge is 0.357 e. The molecular weight excluding hydrogens is 376 g/mol. The Kier molecular flexibility index (Phi) is 4.76. The van der Waals surface area contributed by atoms with E-state index < -0.39 is 0 Å². The number of fused-ring (bicyclic) bond motifs is 1. The van der Waals surface area contributed by atoms with Crippen LogP contribution < -0.4 is 10.2 Å². The Labute approximate surface area is 168 Å². The van der Waals surface area contributed by atoms with E-state index in [2.05, 4.69) is 52.5 Å². The van der Waals surface area contributed by atoms with E-state index in [0.717, 1.165) is 15.2 Å². The highest BCUT2D eigenvalue weighted by molar-refractivity contribution is 8.02. The number of anilines is 2. The Morgan fingerprint density at radius 3 is 2.81 bits per heavy atom. The van der Waals surface area contributed by atoms with E-state index in [1.165, 1.54) is 47.2 Å². The van der Waals surface area contributed by atoms with Crippen molar-refractivity contribution in [3.63, 3.8) is 0 Å². The van der Waals surface area contributed by atoms with Gasteiger partial charge in [-0.2, -0.15) is 0 Å². The molecule has 0 saturated heterocycles. The SMILES string of the molecule is CC(Sc1nnc(NC2CC2)s1)C(=O)/C=C1\N(C)c2ccccc2C1(C)C. The minimum Gasteiger partial charge on any atom is -0.357 e. The summed E-state index contributed by atoms with van der Waals surface area (Å²) in [5, 5.41) is 12.4. The van der Waals surface area contributed by atoms with Crippen molar-refractivity contribution in [2.75, 3.05) is 17.3 Å². The van der Waals surface area contributed by atoms with E-state index in [0.29, 0.717) is 6.04 Å². The van der Waals surface area contributed by atoms with Crippen LogP contribution in [0.15, 0.2) is 40.4 Å². The van der Waals surface area contributed by atoms with Crippen LogP contribution in [-0.2, 0) is 10.2 Å². The summed E-state index contributed by atoms with van der Waals surface area (Å²) in [5.74, 6) is 0.106. The lowest BCUT2D eigenvalue weighted by molar-refractivity contribution is -0.113. The number of nitrogens with zero attached hydrogens (tertiary/aromatic N) is 3. The molecule has 2 aliphatic rings. The third-order valence-corrected chi connectivity index (χ3v) is 7.27. The topological polar surface area (TPSA) is 58.1 Å². The van der Waals surface area contributed by atoms with Crippen molar-refractivity contribution in [2.45, 2.75) is 54.7 Å². The molecule has 4 rings (SSSR count). The summed E-state index contributed by atoms with van der Waals surface area (Å²) in [6.07, 6.45) is 4.22. The normalized spacial score (nSPS) is 20.6. The molecular formula is C20H24N4OS2. The van der Waals surface area contributed by atoms with E-state index in [1.54, 1.807) is 0 Å². The quantitative estimate of drug-likeness (QED) is 0.570. The van der Waals surface area contributed by atoms with Crippen LogP contribution in [0.5, 0.6) is 0 Å². The molecule has 27 heavy (non-hydrogen) atoms. The Hall–Kier alpha value is -1.86. The summed E-state index contributed by atoms with van der Waals surface area (Å²) in [6, 6.07) is 8.90. The first-order chi connectivity index (χ1) is 12.9. The average molecular weight is 401 g/mol. The molecule has 0 radical (unpaired) electrons. The predicted molar refractivity (Wildman–Crippen MR) is 113 cm³/mol. The summed E-state index contributed by atoms with van der Waals surface area (Å²) in [7, 11) is 2.03. The van der Waals surface area contributed by atoms with E-state index in [9.17, 15) is 4.79 Å². The Morgan fingerprint density at radius 1 is 1.37 bits per heavy atom. The van der Waals surface area contributed by atoms with Gasteiger partial charge in [0.1, 0.15) is 0 Å². The minimum absolute atomic E-state index is 0.106. The van der Waals surface area contributed by atoms with Crippen LogP contribution in [0, 0.1) is 0 Å². The van der Waals surface area contributed by atoms with Gasteiger partial charge in [0.25, 0.3) is 0 Å². The number of aromatic nitrogens is 2. The number of benzene rings is 1. The molecule has 1 saturated carbocycles. The number of hydrogen-bond acceptors (Lipinski definition) is 7. The molecule has 142 valence electrons. The van der Waals surface area contributed by atoms with Crippen molar-refractivity contribution in [3.05, 3.63) is 41.6 Å². The standard InChI is InChI=1S/C20H24N4OS2/c1-12(26-19-23-22-18(27-19)21-13-9-10-13)16(25)11-17-20(2,3)14-7-5-6-8-15(14)24(17)4/h5-8,11-13H,9-10H2,1-4H3,(H,21,22)/b17-11-. The first-order valence-corrected chi connectivity index (χ1v) is 10.9. The number of allylic oxidation sites excluding steroid dienone is 2. The van der Waals surface area contributed by atoms with E-state index >= 15 is 0 Å². The summed E-state index contributed by atoms with van der Waals surface area (Å²) in [4.78, 5) is 15.0. The van der Waals surface area contributed by atoms with Crippen molar-refractivity contribution >= 4 is 39.7 Å². The van der Waals surface area contributed by atoms with Crippen molar-refractivity contribution < 1.29 is 4.79 Å². The van der Waals surface area contributed by atoms with Crippen LogP contribution in [0.1, 0.15) is 39.2 Å². The molecule has 0 amide bonds. The van der Waals surface area contributed by atoms with Crippen LogP contribution in [0.3, 0.4) is 0 Å². The van der Waals surface area contributed by atoms with E-state index in [4.69, 9.17) is 0 Å². The van der Waals surface area contributed by atoms with Crippen molar-refractivity contribution in [1.29, 1.82) is 0 Å². The van der Waals surface area contributed by atoms with Gasteiger partial charge in [0.05, 0.1) is 5.25 Å². The number of rotatable bonds is 6. The van der Waals surface area contributed by atoms with Crippen LogP contribution in [-0.4, -0.2) is 34.3 Å². The highest BCUT2D eigenvalue weighted by Crippen LogP contribution is 2.46. The van der Waals surface area contributed by atoms with Crippen LogP contribution in [0.25, 0.3) is 0 Å². The van der Waals surface area contributed by atoms with Gasteiger partial charge in [-0.05, 0) is 31.4 Å². The predicted octanol–water partition coefficient (Wildman–Crippen LogP) is 4.47. The molecule has 1 N–H and O–H groups in total. The van der Waals surface area contributed by atoms with Gasteiger partial charge < -0.3 is 10.2 Å². The van der Waals surface area contributed by atoms with Crippen molar-refractivity contribution in [2.24, 2.45) is 0 Å². The van der Waals surface area contributed by atoms with Crippen LogP contribution in [0.4, 0.5) is 10.8 Å². The van der Waals surface area contributed by atoms with Crippen molar-refractivity contribution in [3.8, 4) is 0 Å². The van der Waals surface area contributed by atoms with E-state index in [-0.39, 0.29) is 16.4 Å².